The van der Waals surface area contributed by atoms with Crippen LogP contribution in [0.4, 0.5) is 0 Å². The molecule has 0 aromatic heterocycles. The van der Waals surface area contributed by atoms with Crippen LogP contribution in [0.2, 0.25) is 0 Å². The van der Waals surface area contributed by atoms with Gasteiger partial charge in [0, 0.05) is 19.1 Å². The molecular weight excluding hydrogens is 218 g/mol. The molecule has 96 valence electrons. The second-order valence-electron chi connectivity index (χ2n) is 6.04. The summed E-state index contributed by atoms with van der Waals surface area (Å²) in [5.74, 6) is 0.244. The van der Waals surface area contributed by atoms with E-state index < -0.39 is 5.97 Å². The Morgan fingerprint density at radius 2 is 1.65 bits per heavy atom. The Morgan fingerprint density at radius 3 is 2.12 bits per heavy atom. The maximum absolute atomic E-state index is 10.9. The SMILES string of the molecule is O=C(O)C1CCC(N2CC3CC(C2)C3O)CC1. The molecular formula is C13H21NO3. The molecule has 0 amide bonds. The van der Waals surface area contributed by atoms with Crippen molar-refractivity contribution in [2.45, 2.75) is 44.2 Å². The minimum atomic E-state index is -0.625. The molecule has 4 fully saturated rings. The second-order valence-corrected chi connectivity index (χ2v) is 6.04. The summed E-state index contributed by atoms with van der Waals surface area (Å²) in [5.41, 5.74) is 0. The van der Waals surface area contributed by atoms with Crippen LogP contribution in [0, 0.1) is 17.8 Å². The van der Waals surface area contributed by atoms with E-state index in [0.717, 1.165) is 38.8 Å². The van der Waals surface area contributed by atoms with Gasteiger partial charge in [0.2, 0.25) is 0 Å². The molecule has 4 nitrogen and oxygen atoms in total. The fraction of sp³-hybridized carbons (Fsp3) is 0.923. The number of hydrogen-bond donors (Lipinski definition) is 2. The van der Waals surface area contributed by atoms with Crippen molar-refractivity contribution in [1.29, 1.82) is 0 Å². The van der Waals surface area contributed by atoms with Crippen LogP contribution >= 0.6 is 0 Å². The number of aliphatic hydroxyl groups excluding tert-OH is 1. The molecule has 4 aliphatic rings. The molecule has 2 bridgehead atoms. The summed E-state index contributed by atoms with van der Waals surface area (Å²) in [4.78, 5) is 13.4. The molecule has 0 aromatic rings. The summed E-state index contributed by atoms with van der Waals surface area (Å²) in [6.45, 7) is 2.06. The summed E-state index contributed by atoms with van der Waals surface area (Å²) in [6, 6.07) is 0.573. The van der Waals surface area contributed by atoms with Crippen molar-refractivity contribution in [2.24, 2.45) is 17.8 Å². The Bertz CT molecular complexity index is 300. The molecule has 0 radical (unpaired) electrons. The Balaban J connectivity index is 1.52. The number of nitrogens with zero attached hydrogens (tertiary/aromatic N) is 1. The van der Waals surface area contributed by atoms with Crippen LogP contribution in [0.25, 0.3) is 0 Å². The van der Waals surface area contributed by atoms with Crippen LogP contribution in [0.15, 0.2) is 0 Å². The molecule has 2 saturated heterocycles. The van der Waals surface area contributed by atoms with Gasteiger partial charge in [-0.15, -0.1) is 0 Å². The van der Waals surface area contributed by atoms with Gasteiger partial charge < -0.3 is 10.2 Å². The van der Waals surface area contributed by atoms with E-state index in [0.29, 0.717) is 17.9 Å². The van der Waals surface area contributed by atoms with Gasteiger partial charge in [-0.25, -0.2) is 0 Å². The van der Waals surface area contributed by atoms with Crippen molar-refractivity contribution >= 4 is 5.97 Å². The number of aliphatic carboxylic acids is 1. The zero-order valence-electron chi connectivity index (χ0n) is 10.1. The lowest BCUT2D eigenvalue weighted by Gasteiger charge is -2.54. The van der Waals surface area contributed by atoms with E-state index in [-0.39, 0.29) is 12.0 Å². The van der Waals surface area contributed by atoms with E-state index in [1.54, 1.807) is 0 Å². The van der Waals surface area contributed by atoms with Gasteiger partial charge in [0.1, 0.15) is 0 Å². The fourth-order valence-electron chi connectivity index (χ4n) is 3.88. The highest BCUT2D eigenvalue weighted by Crippen LogP contribution is 2.42. The minimum absolute atomic E-state index is 0.0541. The van der Waals surface area contributed by atoms with Gasteiger partial charge in [-0.2, -0.15) is 0 Å². The van der Waals surface area contributed by atoms with Crippen molar-refractivity contribution in [3.63, 3.8) is 0 Å². The highest BCUT2D eigenvalue weighted by atomic mass is 16.4. The zero-order chi connectivity index (χ0) is 12.0. The Kier molecular flexibility index (Phi) is 2.87. The van der Waals surface area contributed by atoms with Gasteiger partial charge in [0.05, 0.1) is 12.0 Å². The van der Waals surface area contributed by atoms with Crippen LogP contribution in [-0.4, -0.2) is 46.3 Å². The van der Waals surface area contributed by atoms with Gasteiger partial charge in [-0.3, -0.25) is 9.69 Å². The summed E-state index contributed by atoms with van der Waals surface area (Å²) in [6.07, 6.45) is 4.84. The van der Waals surface area contributed by atoms with Crippen LogP contribution in [-0.2, 0) is 4.79 Å². The lowest BCUT2D eigenvalue weighted by molar-refractivity contribution is -0.144. The highest BCUT2D eigenvalue weighted by molar-refractivity contribution is 5.70. The first-order chi connectivity index (χ1) is 8.15. The van der Waals surface area contributed by atoms with E-state index in [1.165, 1.54) is 6.42 Å². The van der Waals surface area contributed by atoms with E-state index in [4.69, 9.17) is 5.11 Å². The highest BCUT2D eigenvalue weighted by Gasteiger charge is 2.47. The lowest BCUT2D eigenvalue weighted by Crippen LogP contribution is -2.60. The predicted octanol–water partition coefficient (Wildman–Crippen LogP) is 0.942. The smallest absolute Gasteiger partial charge is 0.306 e. The van der Waals surface area contributed by atoms with E-state index in [9.17, 15) is 9.90 Å². The molecule has 0 aromatic carbocycles. The summed E-state index contributed by atoms with van der Waals surface area (Å²) in [7, 11) is 0. The van der Waals surface area contributed by atoms with Gasteiger partial charge in [0.25, 0.3) is 0 Å². The molecule has 2 saturated carbocycles. The largest absolute Gasteiger partial charge is 0.481 e. The molecule has 2 atom stereocenters. The van der Waals surface area contributed by atoms with Crippen molar-refractivity contribution in [3.05, 3.63) is 0 Å². The maximum atomic E-state index is 10.9. The topological polar surface area (TPSA) is 60.8 Å². The molecule has 2 aliphatic heterocycles. The first-order valence-corrected chi connectivity index (χ1v) is 6.80. The quantitative estimate of drug-likeness (QED) is 0.753. The fourth-order valence-corrected chi connectivity index (χ4v) is 3.88. The van der Waals surface area contributed by atoms with Crippen LogP contribution in [0.5, 0.6) is 0 Å². The van der Waals surface area contributed by atoms with Gasteiger partial charge in [-0.05, 0) is 43.9 Å². The number of rotatable bonds is 2. The average molecular weight is 239 g/mol. The molecule has 2 aliphatic carbocycles. The summed E-state index contributed by atoms with van der Waals surface area (Å²) < 4.78 is 0. The summed E-state index contributed by atoms with van der Waals surface area (Å²) >= 11 is 0. The van der Waals surface area contributed by atoms with E-state index in [1.807, 2.05) is 0 Å². The first-order valence-electron chi connectivity index (χ1n) is 6.80. The van der Waals surface area contributed by atoms with Crippen LogP contribution in [0.3, 0.4) is 0 Å². The third-order valence-corrected chi connectivity index (χ3v) is 5.07. The first kappa shape index (κ1) is 11.5. The molecule has 4 heteroatoms. The predicted molar refractivity (Wildman–Crippen MR) is 62.6 cm³/mol. The number of aliphatic hydroxyl groups is 1. The zero-order valence-corrected chi connectivity index (χ0v) is 10.1. The molecule has 0 spiro atoms. The normalized spacial score (nSPS) is 46.3. The van der Waals surface area contributed by atoms with Crippen molar-refractivity contribution < 1.29 is 15.0 Å². The molecule has 2 unspecified atom stereocenters. The standard InChI is InChI=1S/C13H21NO3/c15-12-9-5-10(12)7-14(6-9)11-3-1-8(2-4-11)13(16)17/h8-12,15H,1-7H2,(H,16,17). The second kappa shape index (κ2) is 4.25. The van der Waals surface area contributed by atoms with E-state index >= 15 is 0 Å². The minimum Gasteiger partial charge on any atom is -0.481 e. The van der Waals surface area contributed by atoms with Crippen LogP contribution in [0.1, 0.15) is 32.1 Å². The third-order valence-electron chi connectivity index (χ3n) is 5.07. The summed E-state index contributed by atoms with van der Waals surface area (Å²) in [5, 5.41) is 18.7. The monoisotopic (exact) mass is 239 g/mol. The number of piperidine rings is 2. The van der Waals surface area contributed by atoms with Gasteiger partial charge >= 0.3 is 5.97 Å². The number of carboxylic acid groups (broad SMARTS) is 1. The van der Waals surface area contributed by atoms with E-state index in [2.05, 4.69) is 4.90 Å². The number of carboxylic acids is 1. The number of carbonyl (C=O) groups is 1. The number of fused-ring (bicyclic) bond motifs is 2. The van der Waals surface area contributed by atoms with Gasteiger partial charge in [-0.1, -0.05) is 0 Å². The van der Waals surface area contributed by atoms with Crippen molar-refractivity contribution in [2.75, 3.05) is 13.1 Å². The Morgan fingerprint density at radius 1 is 1.06 bits per heavy atom. The van der Waals surface area contributed by atoms with Crippen molar-refractivity contribution in [1.82, 2.24) is 4.90 Å². The molecule has 4 rings (SSSR count). The van der Waals surface area contributed by atoms with Crippen LogP contribution < -0.4 is 0 Å². The number of hydrogen-bond acceptors (Lipinski definition) is 3. The van der Waals surface area contributed by atoms with Crippen molar-refractivity contribution in [3.8, 4) is 0 Å². The van der Waals surface area contributed by atoms with Gasteiger partial charge in [0.15, 0.2) is 0 Å². The molecule has 17 heavy (non-hydrogen) atoms. The molecule has 2 heterocycles. The average Bonchev–Trinajstić information content (AvgIpc) is 2.38. The third kappa shape index (κ3) is 1.97. The Labute approximate surface area is 102 Å². The maximum Gasteiger partial charge on any atom is 0.306 e. The lowest BCUT2D eigenvalue weighted by atomic mass is 9.67. The Hall–Kier alpha value is -0.610. The molecule has 2 N–H and O–H groups in total.